The van der Waals surface area contributed by atoms with Crippen LogP contribution in [0.4, 0.5) is 0 Å². The molecule has 0 radical (unpaired) electrons. The Labute approximate surface area is 114 Å². The van der Waals surface area contributed by atoms with Crippen molar-refractivity contribution in [3.8, 4) is 5.88 Å². The van der Waals surface area contributed by atoms with Gasteiger partial charge in [0.15, 0.2) is 5.65 Å². The second-order valence-electron chi connectivity index (χ2n) is 4.93. The maximum atomic E-state index is 5.10. The highest BCUT2D eigenvalue weighted by atomic mass is 16.5. The number of aromatic amines is 1. The van der Waals surface area contributed by atoms with Crippen LogP contribution in [0.15, 0.2) is 12.1 Å². The van der Waals surface area contributed by atoms with E-state index in [1.54, 1.807) is 7.11 Å². The predicted octanol–water partition coefficient (Wildman–Crippen LogP) is 3.87. The van der Waals surface area contributed by atoms with Crippen LogP contribution >= 0.6 is 0 Å². The lowest BCUT2D eigenvalue weighted by Crippen LogP contribution is -1.89. The van der Waals surface area contributed by atoms with Crippen LogP contribution in [0.25, 0.3) is 11.2 Å². The maximum Gasteiger partial charge on any atom is 0.215 e. The average molecular weight is 261 g/mol. The van der Waals surface area contributed by atoms with Gasteiger partial charge in [0.2, 0.25) is 5.88 Å². The fourth-order valence-corrected chi connectivity index (χ4v) is 2.23. The molecule has 0 aromatic carbocycles. The van der Waals surface area contributed by atoms with Gasteiger partial charge in [0.25, 0.3) is 0 Å². The topological polar surface area (TPSA) is 50.8 Å². The Morgan fingerprint density at radius 1 is 1.05 bits per heavy atom. The molecule has 4 heteroatoms. The standard InChI is InChI=1S/C15H23N3O/c1-3-4-5-6-7-8-9-13-16-12-10-11-14(19-2)18-15(12)17-13/h10-11H,3-9H2,1-2H3,(H,16,17,18). The summed E-state index contributed by atoms with van der Waals surface area (Å²) in [5.41, 5.74) is 1.74. The molecule has 2 heterocycles. The first-order valence-electron chi connectivity index (χ1n) is 7.23. The van der Waals surface area contributed by atoms with E-state index >= 15 is 0 Å². The Morgan fingerprint density at radius 2 is 1.84 bits per heavy atom. The summed E-state index contributed by atoms with van der Waals surface area (Å²) in [7, 11) is 1.62. The molecular formula is C15H23N3O. The number of nitrogens with zero attached hydrogens (tertiary/aromatic N) is 2. The first-order valence-corrected chi connectivity index (χ1v) is 7.23. The molecule has 0 aliphatic rings. The van der Waals surface area contributed by atoms with Gasteiger partial charge in [-0.15, -0.1) is 0 Å². The predicted molar refractivity (Wildman–Crippen MR) is 77.5 cm³/mol. The number of nitrogens with one attached hydrogen (secondary N) is 1. The van der Waals surface area contributed by atoms with E-state index in [-0.39, 0.29) is 0 Å². The molecule has 0 atom stereocenters. The van der Waals surface area contributed by atoms with Crippen molar-refractivity contribution < 1.29 is 4.74 Å². The smallest absolute Gasteiger partial charge is 0.215 e. The highest BCUT2D eigenvalue weighted by Crippen LogP contribution is 2.15. The second-order valence-corrected chi connectivity index (χ2v) is 4.93. The molecule has 2 rings (SSSR count). The van der Waals surface area contributed by atoms with Crippen LogP contribution in [0, 0.1) is 0 Å². The molecule has 0 spiro atoms. The van der Waals surface area contributed by atoms with Crippen LogP contribution in [0.1, 0.15) is 51.3 Å². The minimum Gasteiger partial charge on any atom is -0.481 e. The van der Waals surface area contributed by atoms with Crippen molar-refractivity contribution in [2.45, 2.75) is 51.9 Å². The number of fused-ring (bicyclic) bond motifs is 1. The van der Waals surface area contributed by atoms with Gasteiger partial charge in [-0.25, -0.2) is 4.98 Å². The van der Waals surface area contributed by atoms with E-state index in [1.165, 1.54) is 38.5 Å². The molecule has 104 valence electrons. The van der Waals surface area contributed by atoms with Gasteiger partial charge >= 0.3 is 0 Å². The Hall–Kier alpha value is -1.58. The molecule has 0 fully saturated rings. The van der Waals surface area contributed by atoms with Crippen molar-refractivity contribution >= 4 is 11.2 Å². The average Bonchev–Trinajstić information content (AvgIpc) is 2.84. The SMILES string of the molecule is CCCCCCCCc1nc2nc(OC)ccc2[nH]1. The summed E-state index contributed by atoms with van der Waals surface area (Å²) < 4.78 is 5.10. The number of hydrogen-bond donors (Lipinski definition) is 1. The fourth-order valence-electron chi connectivity index (χ4n) is 2.23. The number of aromatic nitrogens is 3. The summed E-state index contributed by atoms with van der Waals surface area (Å²) in [5.74, 6) is 1.65. The second kappa shape index (κ2) is 7.12. The highest BCUT2D eigenvalue weighted by molar-refractivity contribution is 5.71. The number of methoxy groups -OCH3 is 1. The zero-order chi connectivity index (χ0) is 13.5. The van der Waals surface area contributed by atoms with Gasteiger partial charge in [-0.3, -0.25) is 0 Å². The number of aryl methyl sites for hydroxylation is 1. The van der Waals surface area contributed by atoms with E-state index in [0.717, 1.165) is 23.4 Å². The molecule has 2 aromatic heterocycles. The van der Waals surface area contributed by atoms with Gasteiger partial charge in [0.1, 0.15) is 5.82 Å². The summed E-state index contributed by atoms with van der Waals surface area (Å²) >= 11 is 0. The van der Waals surface area contributed by atoms with Crippen LogP contribution in [0.3, 0.4) is 0 Å². The Morgan fingerprint density at radius 3 is 2.63 bits per heavy atom. The van der Waals surface area contributed by atoms with Crippen LogP contribution in [-0.4, -0.2) is 22.1 Å². The van der Waals surface area contributed by atoms with Crippen molar-refractivity contribution in [3.63, 3.8) is 0 Å². The zero-order valence-electron chi connectivity index (χ0n) is 11.9. The van der Waals surface area contributed by atoms with Crippen molar-refractivity contribution in [1.29, 1.82) is 0 Å². The molecule has 0 saturated carbocycles. The summed E-state index contributed by atoms with van der Waals surface area (Å²) in [6.45, 7) is 2.25. The Bertz CT molecular complexity index is 507. The van der Waals surface area contributed by atoms with E-state index in [4.69, 9.17) is 4.74 Å². The third-order valence-electron chi connectivity index (χ3n) is 3.35. The summed E-state index contributed by atoms with van der Waals surface area (Å²) in [5, 5.41) is 0. The molecule has 4 nitrogen and oxygen atoms in total. The number of pyridine rings is 1. The third-order valence-corrected chi connectivity index (χ3v) is 3.35. The molecule has 1 N–H and O–H groups in total. The largest absolute Gasteiger partial charge is 0.481 e. The van der Waals surface area contributed by atoms with Gasteiger partial charge in [-0.2, -0.15) is 4.98 Å². The van der Waals surface area contributed by atoms with Crippen LogP contribution in [0.2, 0.25) is 0 Å². The van der Waals surface area contributed by atoms with Crippen LogP contribution < -0.4 is 4.74 Å². The van der Waals surface area contributed by atoms with E-state index < -0.39 is 0 Å². The fraction of sp³-hybridized carbons (Fsp3) is 0.600. The van der Waals surface area contributed by atoms with E-state index in [1.807, 2.05) is 12.1 Å². The number of hydrogen-bond acceptors (Lipinski definition) is 3. The maximum absolute atomic E-state index is 5.10. The van der Waals surface area contributed by atoms with Crippen LogP contribution in [-0.2, 0) is 6.42 Å². The Balaban J connectivity index is 1.84. The van der Waals surface area contributed by atoms with Gasteiger partial charge in [-0.1, -0.05) is 39.0 Å². The van der Waals surface area contributed by atoms with Crippen LogP contribution in [0.5, 0.6) is 5.88 Å². The molecule has 2 aromatic rings. The van der Waals surface area contributed by atoms with Crippen molar-refractivity contribution in [2.75, 3.05) is 7.11 Å². The van der Waals surface area contributed by atoms with Gasteiger partial charge in [0, 0.05) is 12.5 Å². The van der Waals surface area contributed by atoms with Crippen molar-refractivity contribution in [3.05, 3.63) is 18.0 Å². The minimum atomic E-state index is 0.616. The summed E-state index contributed by atoms with van der Waals surface area (Å²) in [6.07, 6.45) is 8.83. The number of rotatable bonds is 8. The minimum absolute atomic E-state index is 0.616. The molecule has 0 bridgehead atoms. The summed E-state index contributed by atoms with van der Waals surface area (Å²) in [6, 6.07) is 3.83. The highest BCUT2D eigenvalue weighted by Gasteiger charge is 2.05. The number of imidazole rings is 1. The normalized spacial score (nSPS) is 11.1. The first-order chi connectivity index (χ1) is 9.33. The Kier molecular flexibility index (Phi) is 5.19. The molecule has 0 saturated heterocycles. The summed E-state index contributed by atoms with van der Waals surface area (Å²) in [4.78, 5) is 12.1. The number of ether oxygens (including phenoxy) is 1. The van der Waals surface area contributed by atoms with Gasteiger partial charge in [-0.05, 0) is 12.5 Å². The quantitative estimate of drug-likeness (QED) is 0.734. The lowest BCUT2D eigenvalue weighted by Gasteiger charge is -1.98. The zero-order valence-corrected chi connectivity index (χ0v) is 11.9. The molecular weight excluding hydrogens is 238 g/mol. The molecule has 19 heavy (non-hydrogen) atoms. The number of H-pyrrole nitrogens is 1. The monoisotopic (exact) mass is 261 g/mol. The first kappa shape index (κ1) is 13.8. The molecule has 0 aliphatic carbocycles. The molecule has 0 aliphatic heterocycles. The van der Waals surface area contributed by atoms with E-state index in [0.29, 0.717) is 5.88 Å². The van der Waals surface area contributed by atoms with Crippen molar-refractivity contribution in [2.24, 2.45) is 0 Å². The van der Waals surface area contributed by atoms with E-state index in [2.05, 4.69) is 21.9 Å². The molecule has 0 amide bonds. The van der Waals surface area contributed by atoms with Gasteiger partial charge < -0.3 is 9.72 Å². The molecule has 0 unspecified atom stereocenters. The van der Waals surface area contributed by atoms with Gasteiger partial charge in [0.05, 0.1) is 12.6 Å². The lowest BCUT2D eigenvalue weighted by molar-refractivity contribution is 0.399. The number of unbranched alkanes of at least 4 members (excludes halogenated alkanes) is 5. The lowest BCUT2D eigenvalue weighted by atomic mass is 10.1. The van der Waals surface area contributed by atoms with Crippen molar-refractivity contribution in [1.82, 2.24) is 15.0 Å². The third kappa shape index (κ3) is 3.94. The van der Waals surface area contributed by atoms with E-state index in [9.17, 15) is 0 Å².